The largest absolute Gasteiger partial charge is 0.477 e. The average molecular weight is 413 g/mol. The molecule has 9 heteroatoms. The Morgan fingerprint density at radius 1 is 1.32 bits per heavy atom. The minimum atomic E-state index is -3.67. The SMILES string of the molecule is C#CCOc1cc(CN2CCOCC2)ccc1OC(=O)CCC.CS(=O)(=O)O. The van der Waals surface area contributed by atoms with E-state index in [1.807, 2.05) is 19.1 Å². The number of benzene rings is 1. The maximum atomic E-state index is 11.7. The Hall–Kier alpha value is -2.12. The fourth-order valence-corrected chi connectivity index (χ4v) is 2.36. The van der Waals surface area contributed by atoms with Gasteiger partial charge in [-0.2, -0.15) is 8.42 Å². The zero-order valence-corrected chi connectivity index (χ0v) is 17.0. The first kappa shape index (κ1) is 23.9. The van der Waals surface area contributed by atoms with Gasteiger partial charge in [0.15, 0.2) is 11.5 Å². The standard InChI is InChI=1S/C18H23NO4.CH4O3S/c1-3-5-18(20)23-16-7-6-15(13-17(16)22-10-4-2)14-19-8-11-21-12-9-19;1-5(2,3)4/h2,6-7,13H,3,5,8-12,14H2,1H3;1H3,(H,2,3,4). The summed E-state index contributed by atoms with van der Waals surface area (Å²) in [5.74, 6) is 3.10. The van der Waals surface area contributed by atoms with Gasteiger partial charge in [0, 0.05) is 26.1 Å². The number of nitrogens with zero attached hydrogens (tertiary/aromatic N) is 1. The third-order valence-electron chi connectivity index (χ3n) is 3.51. The van der Waals surface area contributed by atoms with Crippen molar-refractivity contribution in [3.63, 3.8) is 0 Å². The first-order valence-electron chi connectivity index (χ1n) is 8.85. The fourth-order valence-electron chi connectivity index (χ4n) is 2.36. The Morgan fingerprint density at radius 2 is 1.96 bits per heavy atom. The van der Waals surface area contributed by atoms with E-state index < -0.39 is 10.1 Å². The normalized spacial score (nSPS) is 14.4. The van der Waals surface area contributed by atoms with Gasteiger partial charge in [0.1, 0.15) is 6.61 Å². The predicted octanol–water partition coefficient (Wildman–Crippen LogP) is 1.74. The van der Waals surface area contributed by atoms with E-state index >= 15 is 0 Å². The second-order valence-corrected chi connectivity index (χ2v) is 7.59. The molecule has 0 aliphatic carbocycles. The third kappa shape index (κ3) is 10.9. The first-order chi connectivity index (χ1) is 13.2. The second-order valence-electron chi connectivity index (χ2n) is 6.12. The second kappa shape index (κ2) is 12.4. The van der Waals surface area contributed by atoms with Crippen molar-refractivity contribution in [1.82, 2.24) is 4.90 Å². The highest BCUT2D eigenvalue weighted by Gasteiger charge is 2.14. The van der Waals surface area contributed by atoms with Gasteiger partial charge < -0.3 is 14.2 Å². The lowest BCUT2D eigenvalue weighted by Crippen LogP contribution is -2.35. The number of hydrogen-bond acceptors (Lipinski definition) is 7. The summed E-state index contributed by atoms with van der Waals surface area (Å²) in [7, 11) is -3.67. The van der Waals surface area contributed by atoms with E-state index in [2.05, 4.69) is 10.8 Å². The van der Waals surface area contributed by atoms with Gasteiger partial charge in [0.25, 0.3) is 10.1 Å². The van der Waals surface area contributed by atoms with E-state index in [0.29, 0.717) is 24.2 Å². The lowest BCUT2D eigenvalue weighted by atomic mass is 10.2. The van der Waals surface area contributed by atoms with Crippen LogP contribution in [0.4, 0.5) is 0 Å². The Morgan fingerprint density at radius 3 is 2.54 bits per heavy atom. The van der Waals surface area contributed by atoms with E-state index in [-0.39, 0.29) is 12.6 Å². The summed E-state index contributed by atoms with van der Waals surface area (Å²) in [4.78, 5) is 14.0. The molecule has 0 saturated carbocycles. The molecule has 1 aliphatic rings. The van der Waals surface area contributed by atoms with Crippen LogP contribution < -0.4 is 9.47 Å². The first-order valence-corrected chi connectivity index (χ1v) is 10.7. The van der Waals surface area contributed by atoms with Crippen molar-refractivity contribution in [2.75, 3.05) is 39.2 Å². The van der Waals surface area contributed by atoms with Crippen LogP contribution in [0, 0.1) is 12.3 Å². The topological polar surface area (TPSA) is 102 Å². The molecular weight excluding hydrogens is 386 g/mol. The highest BCUT2D eigenvalue weighted by atomic mass is 32.2. The van der Waals surface area contributed by atoms with Gasteiger partial charge in [-0.3, -0.25) is 14.2 Å². The summed E-state index contributed by atoms with van der Waals surface area (Å²) >= 11 is 0. The smallest absolute Gasteiger partial charge is 0.311 e. The van der Waals surface area contributed by atoms with Gasteiger partial charge in [-0.1, -0.05) is 18.9 Å². The van der Waals surface area contributed by atoms with Crippen molar-refractivity contribution >= 4 is 16.1 Å². The van der Waals surface area contributed by atoms with Crippen molar-refractivity contribution < 1.29 is 32.0 Å². The molecule has 1 heterocycles. The van der Waals surface area contributed by atoms with Crippen molar-refractivity contribution in [2.45, 2.75) is 26.3 Å². The Kier molecular flexibility index (Phi) is 10.6. The van der Waals surface area contributed by atoms with Crippen LogP contribution in [-0.4, -0.2) is 63.0 Å². The monoisotopic (exact) mass is 413 g/mol. The number of morpholine rings is 1. The number of rotatable bonds is 7. The van der Waals surface area contributed by atoms with Gasteiger partial charge in [-0.25, -0.2) is 0 Å². The van der Waals surface area contributed by atoms with Crippen molar-refractivity contribution in [3.8, 4) is 23.8 Å². The predicted molar refractivity (Wildman–Crippen MR) is 105 cm³/mol. The molecule has 8 nitrogen and oxygen atoms in total. The number of carbonyl (C=O) groups excluding carboxylic acids is 1. The summed E-state index contributed by atoms with van der Waals surface area (Å²) in [6.07, 6.45) is 7.10. The van der Waals surface area contributed by atoms with E-state index in [1.54, 1.807) is 6.07 Å². The van der Waals surface area contributed by atoms with Crippen molar-refractivity contribution in [2.24, 2.45) is 0 Å². The molecule has 1 aromatic carbocycles. The summed E-state index contributed by atoms with van der Waals surface area (Å²) in [5.41, 5.74) is 1.09. The van der Waals surface area contributed by atoms with Crippen molar-refractivity contribution in [1.29, 1.82) is 0 Å². The lowest BCUT2D eigenvalue weighted by Gasteiger charge is -2.26. The summed E-state index contributed by atoms with van der Waals surface area (Å²) < 4.78 is 42.1. The van der Waals surface area contributed by atoms with E-state index in [0.717, 1.165) is 44.8 Å². The molecule has 0 spiro atoms. The fraction of sp³-hybridized carbons (Fsp3) is 0.526. The van der Waals surface area contributed by atoms with Gasteiger partial charge in [0.2, 0.25) is 0 Å². The maximum Gasteiger partial charge on any atom is 0.311 e. The molecule has 1 fully saturated rings. The summed E-state index contributed by atoms with van der Waals surface area (Å²) in [5, 5.41) is 0. The zero-order chi connectivity index (χ0) is 21.0. The summed E-state index contributed by atoms with van der Waals surface area (Å²) in [6, 6.07) is 5.61. The van der Waals surface area contributed by atoms with Crippen molar-refractivity contribution in [3.05, 3.63) is 23.8 Å². The minimum Gasteiger partial charge on any atom is -0.477 e. The van der Waals surface area contributed by atoms with E-state index in [9.17, 15) is 13.2 Å². The highest BCUT2D eigenvalue weighted by Crippen LogP contribution is 2.29. The molecule has 156 valence electrons. The van der Waals surface area contributed by atoms with Gasteiger partial charge in [-0.15, -0.1) is 6.42 Å². The van der Waals surface area contributed by atoms with E-state index in [4.69, 9.17) is 25.2 Å². The molecule has 0 amide bonds. The molecule has 0 aromatic heterocycles. The van der Waals surface area contributed by atoms with Gasteiger partial charge in [-0.05, 0) is 24.1 Å². The van der Waals surface area contributed by atoms with Crippen LogP contribution in [0.25, 0.3) is 0 Å². The van der Waals surface area contributed by atoms with Gasteiger partial charge in [0.05, 0.1) is 19.5 Å². The highest BCUT2D eigenvalue weighted by molar-refractivity contribution is 7.85. The molecule has 2 rings (SSSR count). The number of hydrogen-bond donors (Lipinski definition) is 1. The van der Waals surface area contributed by atoms with Crippen LogP contribution >= 0.6 is 0 Å². The molecule has 28 heavy (non-hydrogen) atoms. The lowest BCUT2D eigenvalue weighted by molar-refractivity contribution is -0.134. The average Bonchev–Trinajstić information content (AvgIpc) is 2.61. The molecule has 1 saturated heterocycles. The van der Waals surface area contributed by atoms with Crippen LogP contribution in [0.1, 0.15) is 25.3 Å². The molecular formula is C19H27NO7S. The third-order valence-corrected chi connectivity index (χ3v) is 3.51. The van der Waals surface area contributed by atoms with Crippen LogP contribution in [0.2, 0.25) is 0 Å². The van der Waals surface area contributed by atoms with Gasteiger partial charge >= 0.3 is 5.97 Å². The van der Waals surface area contributed by atoms with E-state index in [1.165, 1.54) is 0 Å². The van der Waals surface area contributed by atoms with Crippen LogP contribution in [0.15, 0.2) is 18.2 Å². The Labute approximate surface area is 166 Å². The minimum absolute atomic E-state index is 0.138. The molecule has 0 unspecified atom stereocenters. The number of terminal acetylenes is 1. The molecule has 0 atom stereocenters. The molecule has 0 bridgehead atoms. The maximum absolute atomic E-state index is 11.7. The quantitative estimate of drug-likeness (QED) is 0.312. The molecule has 1 aliphatic heterocycles. The number of carbonyl (C=O) groups is 1. The van der Waals surface area contributed by atoms with Crippen LogP contribution in [-0.2, 0) is 26.2 Å². The summed E-state index contributed by atoms with van der Waals surface area (Å²) in [6.45, 7) is 6.21. The Balaban J connectivity index is 0.000000696. The number of ether oxygens (including phenoxy) is 3. The molecule has 0 radical (unpaired) electrons. The number of esters is 1. The Bertz CT molecular complexity index is 757. The molecule has 1 aromatic rings. The zero-order valence-electron chi connectivity index (χ0n) is 16.2. The van der Waals surface area contributed by atoms with Crippen LogP contribution in [0.5, 0.6) is 11.5 Å². The van der Waals surface area contributed by atoms with Crippen LogP contribution in [0.3, 0.4) is 0 Å². The molecule has 1 N–H and O–H groups in total.